The van der Waals surface area contributed by atoms with Gasteiger partial charge in [0.2, 0.25) is 0 Å². The first-order chi connectivity index (χ1) is 8.04. The molecule has 17 heavy (non-hydrogen) atoms. The first kappa shape index (κ1) is 12.8. The normalized spacial score (nSPS) is 21.5. The molecule has 1 atom stereocenters. The molecule has 1 saturated heterocycles. The first-order valence-corrected chi connectivity index (χ1v) is 6.43. The second-order valence-electron chi connectivity index (χ2n) is 4.16. The van der Waals surface area contributed by atoms with Crippen LogP contribution in [0.5, 0.6) is 0 Å². The lowest BCUT2D eigenvalue weighted by Crippen LogP contribution is -2.28. The Morgan fingerprint density at radius 2 is 2.12 bits per heavy atom. The van der Waals surface area contributed by atoms with Crippen molar-refractivity contribution < 1.29 is 13.2 Å². The minimum absolute atomic E-state index is 0.0415. The van der Waals surface area contributed by atoms with Crippen LogP contribution < -0.4 is 5.32 Å². The predicted octanol–water partition coefficient (Wildman–Crippen LogP) is 3.77. The van der Waals surface area contributed by atoms with E-state index >= 15 is 0 Å². The van der Waals surface area contributed by atoms with Crippen molar-refractivity contribution in [1.29, 1.82) is 0 Å². The van der Waals surface area contributed by atoms with Gasteiger partial charge in [0.15, 0.2) is 0 Å². The summed E-state index contributed by atoms with van der Waals surface area (Å²) in [5.74, 6) is 0.345. The summed E-state index contributed by atoms with van der Waals surface area (Å²) in [6.07, 6.45) is 2.13. The zero-order chi connectivity index (χ0) is 12.3. The van der Waals surface area contributed by atoms with Gasteiger partial charge in [0, 0.05) is 11.4 Å². The number of hydrogen-bond acceptors (Lipinski definition) is 2. The lowest BCUT2D eigenvalue weighted by molar-refractivity contribution is -0.0328. The fraction of sp³-hybridized carbons (Fsp3) is 0.500. The minimum atomic E-state index is -4.20. The highest BCUT2D eigenvalue weighted by atomic mass is 32.2. The molecule has 1 aliphatic heterocycles. The molecule has 0 amide bonds. The number of rotatable bonds is 2. The Balaban J connectivity index is 2.10. The summed E-state index contributed by atoms with van der Waals surface area (Å²) in [7, 11) is 0. The van der Waals surface area contributed by atoms with Crippen LogP contribution in [0.25, 0.3) is 0 Å². The predicted molar refractivity (Wildman–Crippen MR) is 63.2 cm³/mol. The highest BCUT2D eigenvalue weighted by Crippen LogP contribution is 2.38. The van der Waals surface area contributed by atoms with E-state index in [9.17, 15) is 13.2 Å². The number of hydrogen-bond donors (Lipinski definition) is 1. The molecular formula is C12H14F3NS. The lowest BCUT2D eigenvalue weighted by Gasteiger charge is -2.23. The van der Waals surface area contributed by atoms with Gasteiger partial charge >= 0.3 is 5.51 Å². The summed E-state index contributed by atoms with van der Waals surface area (Å²) < 4.78 is 36.8. The molecule has 0 aliphatic carbocycles. The van der Waals surface area contributed by atoms with Crippen molar-refractivity contribution in [2.45, 2.75) is 29.2 Å². The van der Waals surface area contributed by atoms with Crippen LogP contribution in [0.3, 0.4) is 0 Å². The molecule has 1 unspecified atom stereocenters. The Kier molecular flexibility index (Phi) is 3.99. The summed E-state index contributed by atoms with van der Waals surface area (Å²) >= 11 is -0.0415. The van der Waals surface area contributed by atoms with Crippen molar-refractivity contribution >= 4 is 11.8 Å². The standard InChI is InChI=1S/C12H14F3NS/c13-12(14,15)17-11-5-1-3-9(7-11)10-4-2-6-16-8-10/h1,3,5,7,10,16H,2,4,6,8H2. The van der Waals surface area contributed by atoms with Crippen LogP contribution in [0, 0.1) is 0 Å². The van der Waals surface area contributed by atoms with Crippen LogP contribution in [0.15, 0.2) is 29.2 Å². The topological polar surface area (TPSA) is 12.0 Å². The third kappa shape index (κ3) is 3.92. The molecular weight excluding hydrogens is 247 g/mol. The summed E-state index contributed by atoms with van der Waals surface area (Å²) in [5.41, 5.74) is -3.20. The van der Waals surface area contributed by atoms with Crippen LogP contribution in [-0.2, 0) is 0 Å². The van der Waals surface area contributed by atoms with E-state index in [0.29, 0.717) is 5.92 Å². The number of benzene rings is 1. The smallest absolute Gasteiger partial charge is 0.316 e. The molecule has 1 aromatic carbocycles. The third-order valence-corrected chi connectivity index (χ3v) is 3.58. The highest BCUT2D eigenvalue weighted by Gasteiger charge is 2.29. The van der Waals surface area contributed by atoms with Crippen molar-refractivity contribution in [3.63, 3.8) is 0 Å². The fourth-order valence-electron chi connectivity index (χ4n) is 2.10. The van der Waals surface area contributed by atoms with E-state index in [1.165, 1.54) is 6.07 Å². The van der Waals surface area contributed by atoms with E-state index < -0.39 is 5.51 Å². The van der Waals surface area contributed by atoms with E-state index in [1.807, 2.05) is 6.07 Å². The maximum absolute atomic E-state index is 12.3. The summed E-state index contributed by atoms with van der Waals surface area (Å²) in [6.45, 7) is 1.87. The number of thioether (sulfide) groups is 1. The average Bonchev–Trinajstić information content (AvgIpc) is 2.28. The molecule has 0 radical (unpaired) electrons. The molecule has 1 aliphatic rings. The Morgan fingerprint density at radius 3 is 2.76 bits per heavy atom. The third-order valence-electron chi connectivity index (χ3n) is 2.86. The molecule has 2 rings (SSSR count). The van der Waals surface area contributed by atoms with E-state index in [2.05, 4.69) is 5.32 Å². The van der Waals surface area contributed by atoms with Gasteiger partial charge < -0.3 is 5.32 Å². The molecule has 0 saturated carbocycles. The van der Waals surface area contributed by atoms with Crippen LogP contribution >= 0.6 is 11.8 Å². The highest BCUT2D eigenvalue weighted by molar-refractivity contribution is 8.00. The van der Waals surface area contributed by atoms with E-state index in [4.69, 9.17) is 0 Å². The quantitative estimate of drug-likeness (QED) is 0.813. The number of alkyl halides is 3. The molecule has 0 aromatic heterocycles. The molecule has 0 bridgehead atoms. The molecule has 1 nitrogen and oxygen atoms in total. The summed E-state index contributed by atoms with van der Waals surface area (Å²) in [6, 6.07) is 6.80. The van der Waals surface area contributed by atoms with E-state index in [1.54, 1.807) is 12.1 Å². The molecule has 1 heterocycles. The molecule has 5 heteroatoms. The van der Waals surface area contributed by atoms with Gasteiger partial charge in [-0.1, -0.05) is 12.1 Å². The van der Waals surface area contributed by atoms with Crippen molar-refractivity contribution in [3.05, 3.63) is 29.8 Å². The monoisotopic (exact) mass is 261 g/mol. The number of halogens is 3. The number of nitrogens with one attached hydrogen (secondary N) is 1. The van der Waals surface area contributed by atoms with Gasteiger partial charge in [-0.3, -0.25) is 0 Å². The molecule has 1 fully saturated rings. The summed E-state index contributed by atoms with van der Waals surface area (Å²) in [4.78, 5) is 0.278. The van der Waals surface area contributed by atoms with Crippen LogP contribution in [0.2, 0.25) is 0 Å². The van der Waals surface area contributed by atoms with Crippen LogP contribution in [0.4, 0.5) is 13.2 Å². The van der Waals surface area contributed by atoms with Gasteiger partial charge in [-0.25, -0.2) is 0 Å². The Hall–Kier alpha value is -0.680. The average molecular weight is 261 g/mol. The van der Waals surface area contributed by atoms with Gasteiger partial charge in [-0.15, -0.1) is 0 Å². The maximum Gasteiger partial charge on any atom is 0.446 e. The van der Waals surface area contributed by atoms with Crippen molar-refractivity contribution in [2.75, 3.05) is 13.1 Å². The SMILES string of the molecule is FC(F)(F)Sc1cccc(C2CCCNC2)c1. The molecule has 94 valence electrons. The first-order valence-electron chi connectivity index (χ1n) is 5.61. The van der Waals surface area contributed by atoms with Crippen molar-refractivity contribution in [1.82, 2.24) is 5.32 Å². The lowest BCUT2D eigenvalue weighted by atomic mass is 9.92. The summed E-state index contributed by atoms with van der Waals surface area (Å²) in [5, 5.41) is 3.27. The second-order valence-corrected chi connectivity index (χ2v) is 5.30. The van der Waals surface area contributed by atoms with Gasteiger partial charge in [0.1, 0.15) is 0 Å². The molecule has 1 aromatic rings. The van der Waals surface area contributed by atoms with Crippen LogP contribution in [0.1, 0.15) is 24.3 Å². The van der Waals surface area contributed by atoms with Gasteiger partial charge in [0.05, 0.1) is 0 Å². The molecule has 1 N–H and O–H groups in total. The number of piperidine rings is 1. The Labute approximate surface area is 103 Å². The second kappa shape index (κ2) is 5.31. The Bertz CT molecular complexity index is 372. The zero-order valence-electron chi connectivity index (χ0n) is 9.26. The van der Waals surface area contributed by atoms with E-state index in [-0.39, 0.29) is 16.7 Å². The van der Waals surface area contributed by atoms with Gasteiger partial charge in [-0.05, 0) is 54.8 Å². The largest absolute Gasteiger partial charge is 0.446 e. The van der Waals surface area contributed by atoms with E-state index in [0.717, 1.165) is 31.5 Å². The fourth-order valence-corrected chi connectivity index (χ4v) is 2.71. The van der Waals surface area contributed by atoms with Crippen molar-refractivity contribution in [2.24, 2.45) is 0 Å². The minimum Gasteiger partial charge on any atom is -0.316 e. The molecule has 0 spiro atoms. The Morgan fingerprint density at radius 1 is 1.29 bits per heavy atom. The van der Waals surface area contributed by atoms with Gasteiger partial charge in [-0.2, -0.15) is 13.2 Å². The zero-order valence-corrected chi connectivity index (χ0v) is 10.1. The van der Waals surface area contributed by atoms with Crippen LogP contribution in [-0.4, -0.2) is 18.6 Å². The van der Waals surface area contributed by atoms with Gasteiger partial charge in [0.25, 0.3) is 0 Å². The van der Waals surface area contributed by atoms with Crippen molar-refractivity contribution in [3.8, 4) is 0 Å². The maximum atomic E-state index is 12.3.